The Morgan fingerprint density at radius 1 is 1.28 bits per heavy atom. The number of anilines is 1. The van der Waals surface area contributed by atoms with E-state index in [1.54, 1.807) is 24.0 Å². The van der Waals surface area contributed by atoms with Gasteiger partial charge < -0.3 is 10.6 Å². The van der Waals surface area contributed by atoms with Gasteiger partial charge in [0.1, 0.15) is 5.82 Å². The van der Waals surface area contributed by atoms with Crippen LogP contribution in [0.15, 0.2) is 40.1 Å². The number of hydrogen-bond acceptors (Lipinski definition) is 6. The maximum Gasteiger partial charge on any atom is 0.252 e. The molecule has 1 amide bonds. The smallest absolute Gasteiger partial charge is 0.252 e. The first-order valence-electron chi connectivity index (χ1n) is 9.62. The first-order chi connectivity index (χ1) is 14.0. The standard InChI is InChI=1S/C20H25BrN6OS/c1-4-29-20-25-17(23-11-13(2)3)15-12-24-27(18(15)26-20)10-9-22-19(28)14-7-5-6-8-16(14)21/h5-8,12-13H,4,9-11H2,1-3H3,(H,22,28)(H,23,25,26). The summed E-state index contributed by atoms with van der Waals surface area (Å²) < 4.78 is 2.59. The van der Waals surface area contributed by atoms with E-state index in [1.165, 1.54) is 0 Å². The van der Waals surface area contributed by atoms with Crippen LogP contribution in [-0.2, 0) is 6.54 Å². The lowest BCUT2D eigenvalue weighted by molar-refractivity contribution is 0.0951. The number of benzene rings is 1. The Kier molecular flexibility index (Phi) is 7.49. The molecule has 7 nitrogen and oxygen atoms in total. The van der Waals surface area contributed by atoms with Crippen molar-refractivity contribution in [2.24, 2.45) is 5.92 Å². The molecule has 3 rings (SSSR count). The van der Waals surface area contributed by atoms with Gasteiger partial charge in [-0.3, -0.25) is 4.79 Å². The minimum atomic E-state index is -0.120. The predicted molar refractivity (Wildman–Crippen MR) is 122 cm³/mol. The molecule has 154 valence electrons. The summed E-state index contributed by atoms with van der Waals surface area (Å²) in [5.41, 5.74) is 1.39. The van der Waals surface area contributed by atoms with E-state index in [4.69, 9.17) is 0 Å². The third-order valence-corrected chi connectivity index (χ3v) is 5.58. The molecular weight excluding hydrogens is 452 g/mol. The number of thioether (sulfide) groups is 1. The zero-order valence-corrected chi connectivity index (χ0v) is 19.2. The molecule has 3 aromatic rings. The van der Waals surface area contributed by atoms with E-state index in [9.17, 15) is 4.79 Å². The summed E-state index contributed by atoms with van der Waals surface area (Å²) in [6.07, 6.45) is 1.79. The van der Waals surface area contributed by atoms with Gasteiger partial charge in [-0.2, -0.15) is 5.10 Å². The third kappa shape index (κ3) is 5.48. The number of nitrogens with zero attached hydrogens (tertiary/aromatic N) is 4. The van der Waals surface area contributed by atoms with E-state index in [-0.39, 0.29) is 5.91 Å². The molecule has 0 unspecified atom stereocenters. The molecule has 9 heteroatoms. The first kappa shape index (κ1) is 21.6. The lowest BCUT2D eigenvalue weighted by atomic mass is 10.2. The number of nitrogens with one attached hydrogen (secondary N) is 2. The second-order valence-corrected chi connectivity index (χ2v) is 8.99. The van der Waals surface area contributed by atoms with Crippen LogP contribution in [-0.4, -0.2) is 44.5 Å². The van der Waals surface area contributed by atoms with Crippen LogP contribution in [0.2, 0.25) is 0 Å². The minimum Gasteiger partial charge on any atom is -0.369 e. The van der Waals surface area contributed by atoms with Gasteiger partial charge in [-0.15, -0.1) is 0 Å². The second kappa shape index (κ2) is 10.1. The summed E-state index contributed by atoms with van der Waals surface area (Å²) in [4.78, 5) is 21.7. The minimum absolute atomic E-state index is 0.120. The molecule has 0 saturated heterocycles. The normalized spacial score (nSPS) is 11.2. The first-order valence-corrected chi connectivity index (χ1v) is 11.4. The van der Waals surface area contributed by atoms with Crippen molar-refractivity contribution in [2.45, 2.75) is 32.5 Å². The molecule has 29 heavy (non-hydrogen) atoms. The molecule has 0 atom stereocenters. The maximum absolute atomic E-state index is 12.4. The Labute approximate surface area is 183 Å². The molecule has 2 heterocycles. The number of amides is 1. The van der Waals surface area contributed by atoms with Gasteiger partial charge in [0.15, 0.2) is 10.8 Å². The average Bonchev–Trinajstić information content (AvgIpc) is 3.09. The average molecular weight is 477 g/mol. The van der Waals surface area contributed by atoms with Gasteiger partial charge in [-0.05, 0) is 39.7 Å². The summed E-state index contributed by atoms with van der Waals surface area (Å²) in [6.45, 7) is 8.20. The van der Waals surface area contributed by atoms with Crippen molar-refractivity contribution in [1.82, 2.24) is 25.1 Å². The van der Waals surface area contributed by atoms with Crippen LogP contribution in [0, 0.1) is 5.92 Å². The van der Waals surface area contributed by atoms with Crippen molar-refractivity contribution in [3.05, 3.63) is 40.5 Å². The highest BCUT2D eigenvalue weighted by atomic mass is 79.9. The summed E-state index contributed by atoms with van der Waals surface area (Å²) in [5, 5.41) is 12.4. The Bertz CT molecular complexity index is 990. The van der Waals surface area contributed by atoms with Gasteiger partial charge in [0.25, 0.3) is 5.91 Å². The summed E-state index contributed by atoms with van der Waals surface area (Å²) in [7, 11) is 0. The zero-order valence-electron chi connectivity index (χ0n) is 16.8. The number of hydrogen-bond donors (Lipinski definition) is 2. The van der Waals surface area contributed by atoms with Gasteiger partial charge in [-0.25, -0.2) is 14.6 Å². The lowest BCUT2D eigenvalue weighted by Crippen LogP contribution is -2.27. The molecule has 2 aromatic heterocycles. The van der Waals surface area contributed by atoms with Crippen molar-refractivity contribution < 1.29 is 4.79 Å². The topological polar surface area (TPSA) is 84.7 Å². The van der Waals surface area contributed by atoms with Crippen LogP contribution in [0.25, 0.3) is 11.0 Å². The van der Waals surface area contributed by atoms with Crippen molar-refractivity contribution in [2.75, 3.05) is 24.2 Å². The fourth-order valence-corrected chi connectivity index (χ4v) is 3.77. The molecule has 0 saturated carbocycles. The van der Waals surface area contributed by atoms with E-state index >= 15 is 0 Å². The van der Waals surface area contributed by atoms with Crippen LogP contribution in [0.3, 0.4) is 0 Å². The number of aromatic nitrogens is 4. The van der Waals surface area contributed by atoms with Crippen LogP contribution in [0.4, 0.5) is 5.82 Å². The highest BCUT2D eigenvalue weighted by Crippen LogP contribution is 2.24. The van der Waals surface area contributed by atoms with Crippen LogP contribution in [0.1, 0.15) is 31.1 Å². The third-order valence-electron chi connectivity index (χ3n) is 4.15. The number of carbonyl (C=O) groups excluding carboxylic acids is 1. The SMILES string of the molecule is CCSc1nc(NCC(C)C)c2cnn(CCNC(=O)c3ccccc3Br)c2n1. The van der Waals surface area contributed by atoms with E-state index in [0.29, 0.717) is 24.6 Å². The molecule has 0 spiro atoms. The molecule has 2 N–H and O–H groups in total. The monoisotopic (exact) mass is 476 g/mol. The van der Waals surface area contributed by atoms with E-state index in [1.807, 2.05) is 22.9 Å². The zero-order chi connectivity index (χ0) is 20.8. The molecule has 0 radical (unpaired) electrons. The van der Waals surface area contributed by atoms with Crippen LogP contribution < -0.4 is 10.6 Å². The second-order valence-electron chi connectivity index (χ2n) is 6.90. The van der Waals surface area contributed by atoms with E-state index < -0.39 is 0 Å². The summed E-state index contributed by atoms with van der Waals surface area (Å²) >= 11 is 5.01. The van der Waals surface area contributed by atoms with Crippen molar-refractivity contribution in [3.63, 3.8) is 0 Å². The quantitative estimate of drug-likeness (QED) is 0.355. The molecule has 0 fully saturated rings. The van der Waals surface area contributed by atoms with Gasteiger partial charge in [0.2, 0.25) is 0 Å². The van der Waals surface area contributed by atoms with Gasteiger partial charge in [0, 0.05) is 17.6 Å². The Morgan fingerprint density at radius 3 is 2.79 bits per heavy atom. The van der Waals surface area contributed by atoms with Crippen molar-refractivity contribution in [3.8, 4) is 0 Å². The molecule has 0 aliphatic heterocycles. The molecule has 0 aliphatic carbocycles. The van der Waals surface area contributed by atoms with Crippen LogP contribution in [0.5, 0.6) is 0 Å². The molecule has 0 aliphatic rings. The van der Waals surface area contributed by atoms with Crippen molar-refractivity contribution >= 4 is 50.5 Å². The molecule has 1 aromatic carbocycles. The Balaban J connectivity index is 1.75. The number of carbonyl (C=O) groups is 1. The fourth-order valence-electron chi connectivity index (χ4n) is 2.74. The van der Waals surface area contributed by atoms with Crippen LogP contribution >= 0.6 is 27.7 Å². The highest BCUT2D eigenvalue weighted by Gasteiger charge is 2.14. The van der Waals surface area contributed by atoms with E-state index in [0.717, 1.165) is 38.8 Å². The predicted octanol–water partition coefficient (Wildman–Crippen LogP) is 4.20. The Morgan fingerprint density at radius 2 is 2.07 bits per heavy atom. The maximum atomic E-state index is 12.4. The molecule has 0 bridgehead atoms. The van der Waals surface area contributed by atoms with Crippen molar-refractivity contribution in [1.29, 1.82) is 0 Å². The van der Waals surface area contributed by atoms with E-state index in [2.05, 4.69) is 62.4 Å². The molecular formula is C20H25BrN6OS. The summed E-state index contributed by atoms with van der Waals surface area (Å²) in [6, 6.07) is 7.37. The fraction of sp³-hybridized carbons (Fsp3) is 0.400. The highest BCUT2D eigenvalue weighted by molar-refractivity contribution is 9.10. The number of halogens is 1. The Hall–Kier alpha value is -2.13. The number of fused-ring (bicyclic) bond motifs is 1. The van der Waals surface area contributed by atoms with Gasteiger partial charge in [-0.1, -0.05) is 44.7 Å². The summed E-state index contributed by atoms with van der Waals surface area (Å²) in [5.74, 6) is 2.09. The van der Waals surface area contributed by atoms with Gasteiger partial charge in [0.05, 0.1) is 23.7 Å². The number of rotatable bonds is 9. The van der Waals surface area contributed by atoms with Gasteiger partial charge >= 0.3 is 0 Å². The largest absolute Gasteiger partial charge is 0.369 e. The lowest BCUT2D eigenvalue weighted by Gasteiger charge is -2.11.